The van der Waals surface area contributed by atoms with Crippen LogP contribution in [0.3, 0.4) is 0 Å². The van der Waals surface area contributed by atoms with Gasteiger partial charge in [0.25, 0.3) is 5.91 Å². The maximum Gasteiger partial charge on any atom is 0.259 e. The molecule has 31 heavy (non-hydrogen) atoms. The fraction of sp³-hybridized carbons (Fsp3) is 0.250. The van der Waals surface area contributed by atoms with Gasteiger partial charge in [-0.2, -0.15) is 0 Å². The number of carbonyl (C=O) groups excluding carboxylic acids is 1. The molecule has 0 bridgehead atoms. The molecule has 4 nitrogen and oxygen atoms in total. The maximum absolute atomic E-state index is 13.2. The van der Waals surface area contributed by atoms with E-state index in [9.17, 15) is 4.79 Å². The first kappa shape index (κ1) is 22.2. The topological polar surface area (TPSA) is 50.7 Å². The largest absolute Gasteiger partial charge is 0.492 e. The number of fused-ring (bicyclic) bond motifs is 1. The number of amides is 1. The minimum Gasteiger partial charge on any atom is -0.492 e. The summed E-state index contributed by atoms with van der Waals surface area (Å²) in [6.07, 6.45) is 5.98. The van der Waals surface area contributed by atoms with Crippen LogP contribution in [0.1, 0.15) is 46.1 Å². The zero-order valence-electron chi connectivity index (χ0n) is 17.1. The first-order valence-electron chi connectivity index (χ1n) is 10.2. The quantitative estimate of drug-likeness (QED) is 0.316. The predicted octanol–water partition coefficient (Wildman–Crippen LogP) is 7.55. The molecule has 0 aliphatic heterocycles. The number of nitrogens with one attached hydrogen (secondary N) is 1. The molecule has 160 valence electrons. The highest BCUT2D eigenvalue weighted by Gasteiger charge is 2.25. The number of aliphatic imine (C=N–C) groups is 1. The molecule has 2 aromatic carbocycles. The van der Waals surface area contributed by atoms with E-state index in [-0.39, 0.29) is 5.91 Å². The summed E-state index contributed by atoms with van der Waals surface area (Å²) >= 11 is 8.73. The number of thiophene rings is 1. The van der Waals surface area contributed by atoms with Crippen LogP contribution in [-0.4, -0.2) is 18.7 Å². The second-order valence-corrected chi connectivity index (χ2v) is 10.1. The summed E-state index contributed by atoms with van der Waals surface area (Å²) in [5.41, 5.74) is 3.49. The standard InChI is InChI=1S/C24H22Br2N2O2S/c1-2-30-22-15(12-16(25)13-19(22)26)14-27-24-21(18-10-6-7-11-20(18)31-24)23(29)28-17-8-4-3-5-9-17/h3-5,8-9,12-14H,2,6-7,10-11H2,1H3,(H,28,29). The molecule has 3 aromatic rings. The van der Waals surface area contributed by atoms with E-state index < -0.39 is 0 Å². The molecule has 7 heteroatoms. The van der Waals surface area contributed by atoms with Gasteiger partial charge in [0.1, 0.15) is 10.8 Å². The van der Waals surface area contributed by atoms with Crippen molar-refractivity contribution in [3.05, 3.63) is 73.0 Å². The first-order valence-corrected chi connectivity index (χ1v) is 12.6. The van der Waals surface area contributed by atoms with Crippen molar-refractivity contribution in [3.63, 3.8) is 0 Å². The maximum atomic E-state index is 13.2. The van der Waals surface area contributed by atoms with Gasteiger partial charge in [0.2, 0.25) is 0 Å². The molecule has 1 N–H and O–H groups in total. The number of para-hydroxylation sites is 1. The summed E-state index contributed by atoms with van der Waals surface area (Å²) in [7, 11) is 0. The lowest BCUT2D eigenvalue weighted by atomic mass is 9.95. The number of nitrogens with zero attached hydrogens (tertiary/aromatic N) is 1. The molecule has 0 spiro atoms. The van der Waals surface area contributed by atoms with Crippen molar-refractivity contribution in [2.75, 3.05) is 11.9 Å². The van der Waals surface area contributed by atoms with Crippen LogP contribution in [0, 0.1) is 0 Å². The van der Waals surface area contributed by atoms with Crippen LogP contribution in [-0.2, 0) is 12.8 Å². The van der Waals surface area contributed by atoms with Crippen LogP contribution in [0.15, 0.2) is 56.4 Å². The Morgan fingerprint density at radius 3 is 2.74 bits per heavy atom. The van der Waals surface area contributed by atoms with E-state index in [1.807, 2.05) is 49.4 Å². The van der Waals surface area contributed by atoms with Crippen molar-refractivity contribution in [1.29, 1.82) is 0 Å². The van der Waals surface area contributed by atoms with Crippen LogP contribution in [0.4, 0.5) is 10.7 Å². The number of benzene rings is 2. The summed E-state index contributed by atoms with van der Waals surface area (Å²) in [6.45, 7) is 2.51. The van der Waals surface area contributed by atoms with Gasteiger partial charge in [-0.1, -0.05) is 34.1 Å². The third-order valence-electron chi connectivity index (χ3n) is 5.06. The van der Waals surface area contributed by atoms with Gasteiger partial charge in [0.05, 0.1) is 16.6 Å². The fourth-order valence-electron chi connectivity index (χ4n) is 3.69. The summed E-state index contributed by atoms with van der Waals surface area (Å²) in [5, 5.41) is 3.79. The minimum atomic E-state index is -0.0989. The highest BCUT2D eigenvalue weighted by atomic mass is 79.9. The Balaban J connectivity index is 1.72. The Hall–Kier alpha value is -1.96. The van der Waals surface area contributed by atoms with Gasteiger partial charge in [0.15, 0.2) is 0 Å². The number of rotatable bonds is 6. The molecule has 0 fully saturated rings. The molecule has 1 aromatic heterocycles. The average molecular weight is 562 g/mol. The van der Waals surface area contributed by atoms with E-state index in [2.05, 4.69) is 37.2 Å². The average Bonchev–Trinajstić information content (AvgIpc) is 3.13. The zero-order chi connectivity index (χ0) is 21.8. The van der Waals surface area contributed by atoms with Crippen molar-refractivity contribution in [2.45, 2.75) is 32.6 Å². The number of carbonyl (C=O) groups is 1. The number of ether oxygens (including phenoxy) is 1. The van der Waals surface area contributed by atoms with Crippen molar-refractivity contribution in [1.82, 2.24) is 0 Å². The van der Waals surface area contributed by atoms with Gasteiger partial charge in [-0.15, -0.1) is 11.3 Å². The van der Waals surface area contributed by atoms with E-state index in [1.165, 1.54) is 4.88 Å². The third kappa shape index (κ3) is 5.10. The first-order chi connectivity index (χ1) is 15.1. The number of halogens is 2. The Morgan fingerprint density at radius 2 is 1.97 bits per heavy atom. The molecule has 0 atom stereocenters. The second-order valence-electron chi connectivity index (χ2n) is 7.21. The van der Waals surface area contributed by atoms with Crippen LogP contribution >= 0.6 is 43.2 Å². The lowest BCUT2D eigenvalue weighted by Gasteiger charge is -2.13. The Labute approximate surface area is 203 Å². The van der Waals surface area contributed by atoms with Crippen LogP contribution in [0.25, 0.3) is 0 Å². The molecule has 1 aliphatic rings. The van der Waals surface area contributed by atoms with E-state index in [1.54, 1.807) is 17.6 Å². The summed E-state index contributed by atoms with van der Waals surface area (Å²) in [4.78, 5) is 19.3. The Morgan fingerprint density at radius 1 is 1.19 bits per heavy atom. The smallest absolute Gasteiger partial charge is 0.259 e. The minimum absolute atomic E-state index is 0.0989. The van der Waals surface area contributed by atoms with E-state index in [0.717, 1.165) is 62.2 Å². The summed E-state index contributed by atoms with van der Waals surface area (Å²) in [6, 6.07) is 13.5. The molecule has 0 radical (unpaired) electrons. The van der Waals surface area contributed by atoms with Crippen LogP contribution < -0.4 is 10.1 Å². The SMILES string of the molecule is CCOc1c(Br)cc(Br)cc1C=Nc1sc2c(c1C(=O)Nc1ccccc1)CCCC2. The molecule has 0 saturated heterocycles. The van der Waals surface area contributed by atoms with Gasteiger partial charge in [-0.25, -0.2) is 4.99 Å². The van der Waals surface area contributed by atoms with Crippen molar-refractivity contribution in [2.24, 2.45) is 4.99 Å². The monoisotopic (exact) mass is 560 g/mol. The van der Waals surface area contributed by atoms with Gasteiger partial charge in [-0.05, 0) is 78.4 Å². The molecule has 0 saturated carbocycles. The Kier molecular flexibility index (Phi) is 7.25. The lowest BCUT2D eigenvalue weighted by molar-refractivity contribution is 0.102. The third-order valence-corrected chi connectivity index (χ3v) is 7.30. The van der Waals surface area contributed by atoms with E-state index in [0.29, 0.717) is 12.2 Å². The lowest BCUT2D eigenvalue weighted by Crippen LogP contribution is -2.14. The molecular weight excluding hydrogens is 540 g/mol. The fourth-order valence-corrected chi connectivity index (χ4v) is 6.30. The molecular formula is C24H22Br2N2O2S. The van der Waals surface area contributed by atoms with Gasteiger partial charge in [-0.3, -0.25) is 4.79 Å². The van der Waals surface area contributed by atoms with Crippen molar-refractivity contribution >= 4 is 66.0 Å². The molecule has 4 rings (SSSR count). The highest BCUT2D eigenvalue weighted by molar-refractivity contribution is 9.11. The van der Waals surface area contributed by atoms with E-state index in [4.69, 9.17) is 9.73 Å². The van der Waals surface area contributed by atoms with Gasteiger partial charge < -0.3 is 10.1 Å². The van der Waals surface area contributed by atoms with Gasteiger partial charge in [0, 0.05) is 26.8 Å². The number of aryl methyl sites for hydroxylation is 1. The highest BCUT2D eigenvalue weighted by Crippen LogP contribution is 2.41. The van der Waals surface area contributed by atoms with Crippen molar-refractivity contribution < 1.29 is 9.53 Å². The van der Waals surface area contributed by atoms with Crippen molar-refractivity contribution in [3.8, 4) is 5.75 Å². The molecule has 1 amide bonds. The second kappa shape index (κ2) is 10.1. The molecule has 1 aliphatic carbocycles. The molecule has 1 heterocycles. The number of hydrogen-bond donors (Lipinski definition) is 1. The Bertz CT molecular complexity index is 1130. The summed E-state index contributed by atoms with van der Waals surface area (Å²) < 4.78 is 7.60. The van der Waals surface area contributed by atoms with Crippen LogP contribution in [0.5, 0.6) is 5.75 Å². The van der Waals surface area contributed by atoms with Crippen LogP contribution in [0.2, 0.25) is 0 Å². The normalized spacial score (nSPS) is 13.3. The zero-order valence-corrected chi connectivity index (χ0v) is 21.1. The number of hydrogen-bond acceptors (Lipinski definition) is 4. The predicted molar refractivity (Wildman–Crippen MR) is 136 cm³/mol. The summed E-state index contributed by atoms with van der Waals surface area (Å²) in [5.74, 6) is 0.643. The molecule has 0 unspecified atom stereocenters. The number of anilines is 1. The van der Waals surface area contributed by atoms with Gasteiger partial charge >= 0.3 is 0 Å². The van der Waals surface area contributed by atoms with E-state index >= 15 is 0 Å².